The fourth-order valence-corrected chi connectivity index (χ4v) is 1.99. The topological polar surface area (TPSA) is 49.8 Å². The van der Waals surface area contributed by atoms with Crippen LogP contribution >= 0.6 is 0 Å². The molecular weight excluding hydrogens is 206 g/mol. The van der Waals surface area contributed by atoms with E-state index in [0.29, 0.717) is 18.7 Å². The number of rotatable bonds is 3. The van der Waals surface area contributed by atoms with Crippen LogP contribution in [-0.4, -0.2) is 48.3 Å². The summed E-state index contributed by atoms with van der Waals surface area (Å²) in [5.41, 5.74) is 0.0263. The summed E-state index contributed by atoms with van der Waals surface area (Å²) in [7, 11) is 1.38. The molecule has 1 atom stereocenters. The van der Waals surface area contributed by atoms with Crippen LogP contribution in [0.3, 0.4) is 0 Å². The highest BCUT2D eigenvalue weighted by Gasteiger charge is 2.27. The smallest absolute Gasteiger partial charge is 0.333 e. The van der Waals surface area contributed by atoms with E-state index in [0.717, 1.165) is 19.4 Å². The minimum Gasteiger partial charge on any atom is -0.466 e. The second-order valence-corrected chi connectivity index (χ2v) is 4.71. The van der Waals surface area contributed by atoms with Gasteiger partial charge in [-0.3, -0.25) is 4.90 Å². The van der Waals surface area contributed by atoms with Crippen molar-refractivity contribution in [1.82, 2.24) is 4.90 Å². The highest BCUT2D eigenvalue weighted by Crippen LogP contribution is 2.19. The molecule has 1 heterocycles. The van der Waals surface area contributed by atoms with Crippen molar-refractivity contribution in [1.29, 1.82) is 0 Å². The second kappa shape index (κ2) is 5.46. The third kappa shape index (κ3) is 3.94. The van der Waals surface area contributed by atoms with Gasteiger partial charge in [-0.15, -0.1) is 0 Å². The SMILES string of the molecule is COC(=O)C(C)=CCN1CCCC(C)(O)C1. The number of β-amino-alcohol motifs (C(OH)–C–C–N with tert-alkyl or cyclic N) is 1. The number of methoxy groups -OCH3 is 1. The molecule has 1 unspecified atom stereocenters. The maximum absolute atomic E-state index is 11.2. The number of nitrogens with zero attached hydrogens (tertiary/aromatic N) is 1. The molecule has 92 valence electrons. The van der Waals surface area contributed by atoms with Crippen molar-refractivity contribution in [2.75, 3.05) is 26.7 Å². The van der Waals surface area contributed by atoms with Crippen molar-refractivity contribution in [3.05, 3.63) is 11.6 Å². The van der Waals surface area contributed by atoms with E-state index >= 15 is 0 Å². The standard InChI is InChI=1S/C12H21NO3/c1-10(11(14)16-3)5-8-13-7-4-6-12(2,15)9-13/h5,15H,4,6-9H2,1-3H3. The molecule has 1 rings (SSSR count). The molecule has 1 fully saturated rings. The Hall–Kier alpha value is -0.870. The number of aliphatic hydroxyl groups is 1. The van der Waals surface area contributed by atoms with Crippen molar-refractivity contribution in [3.63, 3.8) is 0 Å². The second-order valence-electron chi connectivity index (χ2n) is 4.71. The molecule has 0 aliphatic carbocycles. The summed E-state index contributed by atoms with van der Waals surface area (Å²) < 4.78 is 4.62. The Balaban J connectivity index is 2.46. The maximum atomic E-state index is 11.2. The predicted molar refractivity (Wildman–Crippen MR) is 62.1 cm³/mol. The lowest BCUT2D eigenvalue weighted by Gasteiger charge is -2.36. The van der Waals surface area contributed by atoms with Crippen molar-refractivity contribution in [3.8, 4) is 0 Å². The van der Waals surface area contributed by atoms with Crippen molar-refractivity contribution < 1.29 is 14.6 Å². The molecule has 0 saturated carbocycles. The van der Waals surface area contributed by atoms with Gasteiger partial charge < -0.3 is 9.84 Å². The first-order valence-electron chi connectivity index (χ1n) is 5.64. The lowest BCUT2D eigenvalue weighted by atomic mass is 9.95. The Morgan fingerprint density at radius 3 is 2.88 bits per heavy atom. The Labute approximate surface area is 96.9 Å². The number of hydrogen-bond acceptors (Lipinski definition) is 4. The van der Waals surface area contributed by atoms with Gasteiger partial charge in [-0.25, -0.2) is 4.79 Å². The first kappa shape index (κ1) is 13.2. The zero-order valence-electron chi connectivity index (χ0n) is 10.3. The molecule has 16 heavy (non-hydrogen) atoms. The fraction of sp³-hybridized carbons (Fsp3) is 0.750. The molecule has 0 radical (unpaired) electrons. The van der Waals surface area contributed by atoms with Gasteiger partial charge in [0, 0.05) is 18.7 Å². The van der Waals surface area contributed by atoms with Crippen LogP contribution in [-0.2, 0) is 9.53 Å². The number of likely N-dealkylation sites (tertiary alicyclic amines) is 1. The normalized spacial score (nSPS) is 27.9. The van der Waals surface area contributed by atoms with Crippen LogP contribution in [0.2, 0.25) is 0 Å². The average Bonchev–Trinajstić information content (AvgIpc) is 2.23. The number of carbonyl (C=O) groups is 1. The first-order chi connectivity index (χ1) is 7.44. The van der Waals surface area contributed by atoms with E-state index in [-0.39, 0.29) is 5.97 Å². The first-order valence-corrected chi connectivity index (χ1v) is 5.64. The third-order valence-electron chi connectivity index (χ3n) is 2.92. The molecule has 4 heteroatoms. The molecule has 1 saturated heterocycles. The van der Waals surface area contributed by atoms with E-state index in [1.807, 2.05) is 13.0 Å². The number of ether oxygens (including phenoxy) is 1. The van der Waals surface area contributed by atoms with Crippen molar-refractivity contribution >= 4 is 5.97 Å². The molecule has 0 aromatic heterocycles. The van der Waals surface area contributed by atoms with Gasteiger partial charge in [0.05, 0.1) is 12.7 Å². The minimum atomic E-state index is -0.592. The maximum Gasteiger partial charge on any atom is 0.333 e. The quantitative estimate of drug-likeness (QED) is 0.576. The molecule has 0 aromatic rings. The molecule has 1 aliphatic heterocycles. The summed E-state index contributed by atoms with van der Waals surface area (Å²) in [5.74, 6) is -0.288. The monoisotopic (exact) mass is 227 g/mol. The highest BCUT2D eigenvalue weighted by atomic mass is 16.5. The van der Waals surface area contributed by atoms with Gasteiger partial charge in [0.25, 0.3) is 0 Å². The van der Waals surface area contributed by atoms with Gasteiger partial charge in [0.1, 0.15) is 0 Å². The predicted octanol–water partition coefficient (Wildman–Crippen LogP) is 0.952. The van der Waals surface area contributed by atoms with E-state index in [9.17, 15) is 9.90 Å². The minimum absolute atomic E-state index is 0.288. The summed E-state index contributed by atoms with van der Waals surface area (Å²) in [6, 6.07) is 0. The van der Waals surface area contributed by atoms with Crippen LogP contribution in [0.4, 0.5) is 0 Å². The number of esters is 1. The summed E-state index contributed by atoms with van der Waals surface area (Å²) in [6.07, 6.45) is 3.70. The largest absolute Gasteiger partial charge is 0.466 e. The Kier molecular flexibility index (Phi) is 4.50. The van der Waals surface area contributed by atoms with E-state index in [1.54, 1.807) is 6.92 Å². The van der Waals surface area contributed by atoms with Gasteiger partial charge >= 0.3 is 5.97 Å². The molecule has 0 spiro atoms. The third-order valence-corrected chi connectivity index (χ3v) is 2.92. The van der Waals surface area contributed by atoms with Crippen LogP contribution in [0.1, 0.15) is 26.7 Å². The van der Waals surface area contributed by atoms with E-state index in [2.05, 4.69) is 9.64 Å². The number of piperidine rings is 1. The van der Waals surface area contributed by atoms with Crippen molar-refractivity contribution in [2.45, 2.75) is 32.3 Å². The van der Waals surface area contributed by atoms with Crippen LogP contribution in [0.15, 0.2) is 11.6 Å². The van der Waals surface area contributed by atoms with Gasteiger partial charge in [-0.1, -0.05) is 6.08 Å². The fourth-order valence-electron chi connectivity index (χ4n) is 1.99. The summed E-state index contributed by atoms with van der Waals surface area (Å²) >= 11 is 0. The molecule has 0 amide bonds. The summed E-state index contributed by atoms with van der Waals surface area (Å²) in [5, 5.41) is 9.91. The highest BCUT2D eigenvalue weighted by molar-refractivity contribution is 5.87. The van der Waals surface area contributed by atoms with Crippen LogP contribution in [0.5, 0.6) is 0 Å². The van der Waals surface area contributed by atoms with Crippen LogP contribution in [0.25, 0.3) is 0 Å². The molecule has 0 bridgehead atoms. The molecule has 0 aromatic carbocycles. The van der Waals surface area contributed by atoms with Crippen molar-refractivity contribution in [2.24, 2.45) is 0 Å². The number of hydrogen-bond donors (Lipinski definition) is 1. The lowest BCUT2D eigenvalue weighted by Crippen LogP contribution is -2.46. The Morgan fingerprint density at radius 2 is 2.31 bits per heavy atom. The lowest BCUT2D eigenvalue weighted by molar-refractivity contribution is -0.136. The van der Waals surface area contributed by atoms with E-state index < -0.39 is 5.60 Å². The van der Waals surface area contributed by atoms with E-state index in [1.165, 1.54) is 7.11 Å². The van der Waals surface area contributed by atoms with Gasteiger partial charge in [0.15, 0.2) is 0 Å². The summed E-state index contributed by atoms with van der Waals surface area (Å²) in [4.78, 5) is 13.3. The van der Waals surface area contributed by atoms with Crippen LogP contribution in [0, 0.1) is 0 Å². The van der Waals surface area contributed by atoms with E-state index in [4.69, 9.17) is 0 Å². The molecule has 1 N–H and O–H groups in total. The molecule has 1 aliphatic rings. The zero-order chi connectivity index (χ0) is 12.2. The van der Waals surface area contributed by atoms with Gasteiger partial charge in [-0.2, -0.15) is 0 Å². The molecular formula is C12H21NO3. The van der Waals surface area contributed by atoms with Crippen LogP contribution < -0.4 is 0 Å². The Morgan fingerprint density at radius 1 is 1.62 bits per heavy atom. The average molecular weight is 227 g/mol. The van der Waals surface area contributed by atoms with Gasteiger partial charge in [0.2, 0.25) is 0 Å². The molecule has 4 nitrogen and oxygen atoms in total. The zero-order valence-corrected chi connectivity index (χ0v) is 10.3. The Bertz CT molecular complexity index is 284. The number of carbonyl (C=O) groups excluding carboxylic acids is 1. The van der Waals surface area contributed by atoms with Gasteiger partial charge in [-0.05, 0) is 33.2 Å². The summed E-state index contributed by atoms with van der Waals surface area (Å²) in [6.45, 7) is 5.93.